The normalized spacial score (nSPS) is 11.5. The monoisotopic (exact) mass is 385 g/mol. The number of thiophene rings is 2. The Morgan fingerprint density at radius 3 is 2.73 bits per heavy atom. The first-order valence-electron chi connectivity index (χ1n) is 8.05. The summed E-state index contributed by atoms with van der Waals surface area (Å²) in [6.45, 7) is 5.91. The molecule has 0 fully saturated rings. The Kier molecular flexibility index (Phi) is 4.61. The Labute approximate surface area is 159 Å². The molecule has 0 aromatic carbocycles. The predicted octanol–water partition coefficient (Wildman–Crippen LogP) is 3.98. The summed E-state index contributed by atoms with van der Waals surface area (Å²) in [6.07, 6.45) is 0.785. The third-order valence-electron chi connectivity index (χ3n) is 4.37. The minimum absolute atomic E-state index is 0.142. The van der Waals surface area contributed by atoms with E-state index in [1.165, 1.54) is 22.7 Å². The zero-order valence-corrected chi connectivity index (χ0v) is 16.3. The van der Waals surface area contributed by atoms with Crippen LogP contribution >= 0.6 is 22.7 Å². The Hall–Kier alpha value is -2.63. The van der Waals surface area contributed by atoms with Crippen molar-refractivity contribution in [3.63, 3.8) is 0 Å². The lowest BCUT2D eigenvalue weighted by Gasteiger charge is -2.24. The fourth-order valence-electron chi connectivity index (χ4n) is 2.60. The van der Waals surface area contributed by atoms with Crippen LogP contribution in [0.15, 0.2) is 16.8 Å². The Morgan fingerprint density at radius 1 is 1.42 bits per heavy atom. The van der Waals surface area contributed by atoms with Gasteiger partial charge in [-0.05, 0) is 42.7 Å². The Morgan fingerprint density at radius 2 is 2.15 bits per heavy atom. The summed E-state index contributed by atoms with van der Waals surface area (Å²) in [4.78, 5) is 18.0. The van der Waals surface area contributed by atoms with Gasteiger partial charge >= 0.3 is 0 Å². The van der Waals surface area contributed by atoms with Crippen molar-refractivity contribution in [3.05, 3.63) is 27.3 Å². The molecule has 3 aromatic rings. The molecule has 0 saturated heterocycles. The van der Waals surface area contributed by atoms with E-state index in [2.05, 4.69) is 16.4 Å². The zero-order valence-electron chi connectivity index (χ0n) is 14.7. The van der Waals surface area contributed by atoms with Crippen LogP contribution in [0.2, 0.25) is 0 Å². The molecule has 0 radical (unpaired) electrons. The maximum Gasteiger partial charge on any atom is 0.263 e. The van der Waals surface area contributed by atoms with Crippen LogP contribution < -0.4 is 16.8 Å². The fraction of sp³-hybridized carbons (Fsp3) is 0.278. The second-order valence-corrected chi connectivity index (χ2v) is 8.37. The molecule has 0 spiro atoms. The third kappa shape index (κ3) is 3.00. The molecule has 26 heavy (non-hydrogen) atoms. The molecule has 0 aliphatic heterocycles. The Balaban J connectivity index is 2.26. The number of nitrogens with one attached hydrogen (secondary N) is 1. The molecule has 0 unspecified atom stereocenters. The average Bonchev–Trinajstić information content (AvgIpc) is 3.22. The number of nitrogen functional groups attached to an aromatic ring is 2. The van der Waals surface area contributed by atoms with Crippen LogP contribution in [0.4, 0.5) is 11.5 Å². The van der Waals surface area contributed by atoms with Crippen LogP contribution in [0, 0.1) is 11.3 Å². The van der Waals surface area contributed by atoms with Crippen LogP contribution in [0.25, 0.3) is 21.3 Å². The van der Waals surface area contributed by atoms with Crippen LogP contribution in [-0.2, 0) is 0 Å². The number of anilines is 2. The number of hydrogen-bond acceptors (Lipinski definition) is 7. The number of nitrogens with two attached hydrogens (primary N) is 2. The number of pyridine rings is 1. The molecule has 0 aliphatic rings. The summed E-state index contributed by atoms with van der Waals surface area (Å²) in [6, 6.07) is 4.02. The highest BCUT2D eigenvalue weighted by Gasteiger charge is 2.26. The van der Waals surface area contributed by atoms with E-state index in [4.69, 9.17) is 11.5 Å². The van der Waals surface area contributed by atoms with Crippen LogP contribution in [0.5, 0.6) is 0 Å². The van der Waals surface area contributed by atoms with Crippen molar-refractivity contribution in [1.29, 1.82) is 5.26 Å². The fourth-order valence-corrected chi connectivity index (χ4v) is 4.25. The highest BCUT2D eigenvalue weighted by molar-refractivity contribution is 7.21. The van der Waals surface area contributed by atoms with E-state index in [1.807, 2.05) is 37.6 Å². The number of aromatic nitrogens is 1. The summed E-state index contributed by atoms with van der Waals surface area (Å²) in [5, 5.41) is 17.0. The van der Waals surface area contributed by atoms with Gasteiger partial charge in [0.2, 0.25) is 0 Å². The molecule has 6 nitrogen and oxygen atoms in total. The first-order chi connectivity index (χ1) is 12.3. The SMILES string of the molecule is CCC(C)(C)NC(=O)c1sc2nc(N)c(C#N)c(-c3ccsc3)c2c1N. The first kappa shape index (κ1) is 18.2. The van der Waals surface area contributed by atoms with Crippen molar-refractivity contribution in [3.8, 4) is 17.2 Å². The van der Waals surface area contributed by atoms with Gasteiger partial charge in [0.15, 0.2) is 0 Å². The van der Waals surface area contributed by atoms with Gasteiger partial charge in [0.05, 0.1) is 5.69 Å². The second kappa shape index (κ2) is 6.59. The minimum atomic E-state index is -0.347. The van der Waals surface area contributed by atoms with Gasteiger partial charge in [-0.25, -0.2) is 4.98 Å². The van der Waals surface area contributed by atoms with E-state index < -0.39 is 0 Å². The summed E-state index contributed by atoms with van der Waals surface area (Å²) >= 11 is 2.70. The summed E-state index contributed by atoms with van der Waals surface area (Å²) in [7, 11) is 0. The maximum absolute atomic E-state index is 12.7. The number of hydrogen-bond donors (Lipinski definition) is 3. The molecule has 0 saturated carbocycles. The van der Waals surface area contributed by atoms with Crippen LogP contribution in [-0.4, -0.2) is 16.4 Å². The number of rotatable bonds is 4. The second-order valence-electron chi connectivity index (χ2n) is 6.59. The summed E-state index contributed by atoms with van der Waals surface area (Å²) in [5.74, 6) is -0.103. The number of nitrogens with zero attached hydrogens (tertiary/aromatic N) is 2. The molecule has 3 rings (SSSR count). The molecule has 1 amide bonds. The Bertz CT molecular complexity index is 1030. The summed E-state index contributed by atoms with van der Waals surface area (Å²) in [5.41, 5.74) is 14.1. The number of carbonyl (C=O) groups excluding carboxylic acids is 1. The molecule has 8 heteroatoms. The van der Waals surface area contributed by atoms with Gasteiger partial charge in [0, 0.05) is 16.5 Å². The highest BCUT2D eigenvalue weighted by Crippen LogP contribution is 2.43. The van der Waals surface area contributed by atoms with Gasteiger partial charge in [0.1, 0.15) is 27.2 Å². The van der Waals surface area contributed by atoms with Gasteiger partial charge in [-0.3, -0.25) is 4.79 Å². The molecule has 3 heterocycles. The van der Waals surface area contributed by atoms with Crippen molar-refractivity contribution in [2.45, 2.75) is 32.7 Å². The predicted molar refractivity (Wildman–Crippen MR) is 108 cm³/mol. The van der Waals surface area contributed by atoms with Crippen molar-refractivity contribution < 1.29 is 4.79 Å². The number of amides is 1. The van der Waals surface area contributed by atoms with Gasteiger partial charge in [0.25, 0.3) is 5.91 Å². The maximum atomic E-state index is 12.7. The van der Waals surface area contributed by atoms with E-state index in [9.17, 15) is 10.1 Å². The molecule has 5 N–H and O–H groups in total. The molecular formula is C18H19N5OS2. The topological polar surface area (TPSA) is 118 Å². The molecule has 0 aliphatic carbocycles. The van der Waals surface area contributed by atoms with E-state index in [0.29, 0.717) is 26.3 Å². The van der Waals surface area contributed by atoms with Crippen LogP contribution in [0.3, 0.4) is 0 Å². The molecular weight excluding hydrogens is 366 g/mol. The lowest BCUT2D eigenvalue weighted by Crippen LogP contribution is -2.42. The first-order valence-corrected chi connectivity index (χ1v) is 9.81. The van der Waals surface area contributed by atoms with Crippen molar-refractivity contribution >= 4 is 50.3 Å². The molecule has 134 valence electrons. The third-order valence-corrected chi connectivity index (χ3v) is 6.15. The lowest BCUT2D eigenvalue weighted by molar-refractivity contribution is 0.0916. The molecule has 3 aromatic heterocycles. The standard InChI is InChI=1S/C18H19N5OS2/c1-4-18(2,3)23-16(24)14-13(20)12-11(9-5-6-25-8-9)10(7-19)15(21)22-17(12)26-14/h5-6,8H,4,20H2,1-3H3,(H2,21,22)(H,23,24). The average molecular weight is 386 g/mol. The number of fused-ring (bicyclic) bond motifs is 1. The van der Waals surface area contributed by atoms with E-state index in [1.54, 1.807) is 0 Å². The molecule has 0 bridgehead atoms. The van der Waals surface area contributed by atoms with Crippen molar-refractivity contribution in [1.82, 2.24) is 10.3 Å². The minimum Gasteiger partial charge on any atom is -0.397 e. The quantitative estimate of drug-likeness (QED) is 0.628. The molecule has 0 atom stereocenters. The van der Waals surface area contributed by atoms with E-state index in [0.717, 1.165) is 12.0 Å². The summed E-state index contributed by atoms with van der Waals surface area (Å²) < 4.78 is 0. The smallest absolute Gasteiger partial charge is 0.263 e. The highest BCUT2D eigenvalue weighted by atomic mass is 32.1. The lowest BCUT2D eigenvalue weighted by atomic mass is 9.99. The van der Waals surface area contributed by atoms with Crippen molar-refractivity contribution in [2.75, 3.05) is 11.5 Å². The van der Waals surface area contributed by atoms with Gasteiger partial charge in [-0.2, -0.15) is 16.6 Å². The zero-order chi connectivity index (χ0) is 19.1. The van der Waals surface area contributed by atoms with Crippen LogP contribution in [0.1, 0.15) is 42.4 Å². The van der Waals surface area contributed by atoms with E-state index >= 15 is 0 Å². The largest absolute Gasteiger partial charge is 0.397 e. The number of nitriles is 1. The van der Waals surface area contributed by atoms with E-state index in [-0.39, 0.29) is 22.8 Å². The van der Waals surface area contributed by atoms with Gasteiger partial charge < -0.3 is 16.8 Å². The van der Waals surface area contributed by atoms with Crippen molar-refractivity contribution in [2.24, 2.45) is 0 Å². The van der Waals surface area contributed by atoms with Gasteiger partial charge in [-0.1, -0.05) is 6.92 Å². The number of carbonyl (C=O) groups is 1. The van der Waals surface area contributed by atoms with Gasteiger partial charge in [-0.15, -0.1) is 11.3 Å².